The van der Waals surface area contributed by atoms with Crippen LogP contribution < -0.4 is 0 Å². The lowest BCUT2D eigenvalue weighted by Gasteiger charge is -2.15. The molecule has 0 bridgehead atoms. The third-order valence-electron chi connectivity index (χ3n) is 2.50. The zero-order valence-corrected chi connectivity index (χ0v) is 10.2. The SMILES string of the molecule is CCc1nc(SC2COC(C)(C)C2)n[nH]1. The molecule has 0 amide bonds. The Labute approximate surface area is 94.2 Å². The number of nitrogens with zero attached hydrogens (tertiary/aromatic N) is 2. The first-order valence-electron chi connectivity index (χ1n) is 5.31. The molecular weight excluding hydrogens is 210 g/mol. The van der Waals surface area contributed by atoms with Gasteiger partial charge in [-0.25, -0.2) is 4.98 Å². The fourth-order valence-electron chi connectivity index (χ4n) is 1.70. The van der Waals surface area contributed by atoms with Gasteiger partial charge in [-0.15, -0.1) is 5.10 Å². The number of hydrogen-bond donors (Lipinski definition) is 1. The first kappa shape index (κ1) is 11.0. The van der Waals surface area contributed by atoms with Crippen LogP contribution in [0.4, 0.5) is 0 Å². The summed E-state index contributed by atoms with van der Waals surface area (Å²) in [4.78, 5) is 4.38. The lowest BCUT2D eigenvalue weighted by Crippen LogP contribution is -2.16. The van der Waals surface area contributed by atoms with Crippen LogP contribution in [0.25, 0.3) is 0 Å². The van der Waals surface area contributed by atoms with Crippen molar-refractivity contribution in [3.63, 3.8) is 0 Å². The summed E-state index contributed by atoms with van der Waals surface area (Å²) in [5.74, 6) is 0.954. The number of nitrogens with one attached hydrogen (secondary N) is 1. The molecule has 0 spiro atoms. The maximum atomic E-state index is 5.67. The Morgan fingerprint density at radius 2 is 2.40 bits per heavy atom. The number of aryl methyl sites for hydroxylation is 1. The number of thioether (sulfide) groups is 1. The van der Waals surface area contributed by atoms with E-state index in [-0.39, 0.29) is 5.60 Å². The standard InChI is InChI=1S/C10H17N3OS/c1-4-8-11-9(13-12-8)15-7-5-10(2,3)14-6-7/h7H,4-6H2,1-3H3,(H,11,12,13). The van der Waals surface area contributed by atoms with Crippen molar-refractivity contribution in [2.75, 3.05) is 6.61 Å². The van der Waals surface area contributed by atoms with Crippen molar-refractivity contribution in [2.45, 2.75) is 49.6 Å². The van der Waals surface area contributed by atoms with Crippen LogP contribution in [0.1, 0.15) is 33.0 Å². The fraction of sp³-hybridized carbons (Fsp3) is 0.800. The minimum absolute atomic E-state index is 0.0154. The van der Waals surface area contributed by atoms with Gasteiger partial charge in [0.15, 0.2) is 0 Å². The number of H-pyrrole nitrogens is 1. The molecule has 1 N–H and O–H groups in total. The highest BCUT2D eigenvalue weighted by Gasteiger charge is 2.33. The molecule has 5 heteroatoms. The van der Waals surface area contributed by atoms with Gasteiger partial charge in [-0.1, -0.05) is 18.7 Å². The van der Waals surface area contributed by atoms with E-state index >= 15 is 0 Å². The summed E-state index contributed by atoms with van der Waals surface area (Å²) in [6.07, 6.45) is 1.97. The van der Waals surface area contributed by atoms with Gasteiger partial charge in [0.2, 0.25) is 5.16 Å². The second kappa shape index (κ2) is 4.14. The molecule has 0 aromatic carbocycles. The Kier molecular flexibility index (Phi) is 3.02. The second-order valence-corrected chi connectivity index (χ2v) is 5.70. The van der Waals surface area contributed by atoms with Crippen molar-refractivity contribution in [2.24, 2.45) is 0 Å². The van der Waals surface area contributed by atoms with E-state index in [4.69, 9.17) is 4.74 Å². The Morgan fingerprint density at radius 3 is 2.93 bits per heavy atom. The highest BCUT2D eigenvalue weighted by molar-refractivity contribution is 7.99. The minimum Gasteiger partial charge on any atom is -0.374 e. The number of hydrogen-bond acceptors (Lipinski definition) is 4. The molecule has 0 radical (unpaired) electrons. The molecule has 4 nitrogen and oxygen atoms in total. The van der Waals surface area contributed by atoms with Crippen molar-refractivity contribution in [3.8, 4) is 0 Å². The van der Waals surface area contributed by atoms with Crippen LogP contribution in [-0.2, 0) is 11.2 Å². The Hall–Kier alpha value is -0.550. The van der Waals surface area contributed by atoms with Gasteiger partial charge in [0.05, 0.1) is 12.2 Å². The highest BCUT2D eigenvalue weighted by Crippen LogP contribution is 2.34. The monoisotopic (exact) mass is 227 g/mol. The van der Waals surface area contributed by atoms with E-state index in [2.05, 4.69) is 36.0 Å². The molecular formula is C10H17N3OS. The number of rotatable bonds is 3. The molecule has 2 heterocycles. The van der Waals surface area contributed by atoms with E-state index in [0.29, 0.717) is 5.25 Å². The van der Waals surface area contributed by atoms with Crippen molar-refractivity contribution in [1.29, 1.82) is 0 Å². The number of aromatic amines is 1. The first-order chi connectivity index (χ1) is 7.09. The van der Waals surface area contributed by atoms with Crippen molar-refractivity contribution in [1.82, 2.24) is 15.2 Å². The number of ether oxygens (including phenoxy) is 1. The lowest BCUT2D eigenvalue weighted by atomic mass is 10.1. The van der Waals surface area contributed by atoms with E-state index in [1.54, 1.807) is 11.8 Å². The number of aromatic nitrogens is 3. The lowest BCUT2D eigenvalue weighted by molar-refractivity contribution is 0.0368. The Bertz CT molecular complexity index is 337. The van der Waals surface area contributed by atoms with Crippen LogP contribution in [0, 0.1) is 0 Å². The normalized spacial score (nSPS) is 24.6. The Balaban J connectivity index is 1.92. The van der Waals surface area contributed by atoms with Gasteiger partial charge >= 0.3 is 0 Å². The maximum absolute atomic E-state index is 5.67. The maximum Gasteiger partial charge on any atom is 0.208 e. The first-order valence-corrected chi connectivity index (χ1v) is 6.19. The molecule has 1 unspecified atom stereocenters. The topological polar surface area (TPSA) is 50.8 Å². The molecule has 1 aromatic heterocycles. The summed E-state index contributed by atoms with van der Waals surface area (Å²) in [7, 11) is 0. The molecule has 1 aromatic rings. The van der Waals surface area contributed by atoms with E-state index in [9.17, 15) is 0 Å². The van der Waals surface area contributed by atoms with Crippen LogP contribution in [0.15, 0.2) is 5.16 Å². The predicted octanol–water partition coefficient (Wildman–Crippen LogP) is 2.03. The molecule has 2 rings (SSSR count). The van der Waals surface area contributed by atoms with E-state index < -0.39 is 0 Å². The van der Waals surface area contributed by atoms with E-state index in [0.717, 1.165) is 30.4 Å². The zero-order valence-electron chi connectivity index (χ0n) is 9.41. The van der Waals surface area contributed by atoms with Crippen LogP contribution in [0.2, 0.25) is 0 Å². The third-order valence-corrected chi connectivity index (χ3v) is 3.53. The molecule has 1 aliphatic rings. The average molecular weight is 227 g/mol. The minimum atomic E-state index is 0.0154. The van der Waals surface area contributed by atoms with Crippen molar-refractivity contribution >= 4 is 11.8 Å². The quantitative estimate of drug-likeness (QED) is 0.858. The molecule has 15 heavy (non-hydrogen) atoms. The molecule has 1 fully saturated rings. The molecule has 1 saturated heterocycles. The third kappa shape index (κ3) is 2.72. The fourth-order valence-corrected chi connectivity index (χ4v) is 2.88. The summed E-state index contributed by atoms with van der Waals surface area (Å²) in [5.41, 5.74) is 0.0154. The van der Waals surface area contributed by atoms with Crippen LogP contribution in [-0.4, -0.2) is 32.6 Å². The largest absolute Gasteiger partial charge is 0.374 e. The van der Waals surface area contributed by atoms with E-state index in [1.807, 2.05) is 0 Å². The van der Waals surface area contributed by atoms with Gasteiger partial charge in [-0.2, -0.15) is 0 Å². The summed E-state index contributed by atoms with van der Waals surface area (Å²) in [6, 6.07) is 0. The summed E-state index contributed by atoms with van der Waals surface area (Å²) in [5, 5.41) is 8.43. The molecule has 1 atom stereocenters. The smallest absolute Gasteiger partial charge is 0.208 e. The van der Waals surface area contributed by atoms with Gasteiger partial charge in [0.1, 0.15) is 5.82 Å². The van der Waals surface area contributed by atoms with Crippen LogP contribution >= 0.6 is 11.8 Å². The van der Waals surface area contributed by atoms with Gasteiger partial charge in [-0.3, -0.25) is 5.10 Å². The van der Waals surface area contributed by atoms with Crippen LogP contribution in [0.3, 0.4) is 0 Å². The van der Waals surface area contributed by atoms with Gasteiger partial charge in [0.25, 0.3) is 0 Å². The molecule has 0 aliphatic carbocycles. The molecule has 84 valence electrons. The second-order valence-electron chi connectivity index (χ2n) is 4.43. The van der Waals surface area contributed by atoms with E-state index in [1.165, 1.54) is 0 Å². The molecule has 1 aliphatic heterocycles. The highest BCUT2D eigenvalue weighted by atomic mass is 32.2. The zero-order chi connectivity index (χ0) is 10.9. The molecule has 0 saturated carbocycles. The average Bonchev–Trinajstić information content (AvgIpc) is 2.73. The predicted molar refractivity (Wildman–Crippen MR) is 60.1 cm³/mol. The van der Waals surface area contributed by atoms with Crippen molar-refractivity contribution in [3.05, 3.63) is 5.82 Å². The van der Waals surface area contributed by atoms with Crippen LogP contribution in [0.5, 0.6) is 0 Å². The van der Waals surface area contributed by atoms with Crippen molar-refractivity contribution < 1.29 is 4.74 Å². The summed E-state index contributed by atoms with van der Waals surface area (Å²) < 4.78 is 5.67. The van der Waals surface area contributed by atoms with Gasteiger partial charge < -0.3 is 4.74 Å². The van der Waals surface area contributed by atoms with Gasteiger partial charge in [-0.05, 0) is 20.3 Å². The van der Waals surface area contributed by atoms with Gasteiger partial charge in [0, 0.05) is 11.7 Å². The Morgan fingerprint density at radius 1 is 1.60 bits per heavy atom. The summed E-state index contributed by atoms with van der Waals surface area (Å²) in [6.45, 7) is 7.12. The summed E-state index contributed by atoms with van der Waals surface area (Å²) >= 11 is 1.71.